The average molecular weight is 208 g/mol. The Morgan fingerprint density at radius 3 is 1.86 bits per heavy atom. The highest BCUT2D eigenvalue weighted by Crippen LogP contribution is 1.96. The molecule has 3 atom stereocenters. The Labute approximate surface area is 81.8 Å². The van der Waals surface area contributed by atoms with Crippen molar-refractivity contribution >= 4 is 12.1 Å². The second-order valence-electron chi connectivity index (χ2n) is 2.78. The summed E-state index contributed by atoms with van der Waals surface area (Å²) in [6.45, 7) is 2.37. The van der Waals surface area contributed by atoms with Crippen molar-refractivity contribution in [2.24, 2.45) is 0 Å². The van der Waals surface area contributed by atoms with Gasteiger partial charge >= 0.3 is 0 Å². The van der Waals surface area contributed by atoms with E-state index in [-0.39, 0.29) is 12.1 Å². The Bertz CT molecular complexity index is 165. The number of aldehydes is 1. The third-order valence-electron chi connectivity index (χ3n) is 1.07. The third kappa shape index (κ3) is 9.27. The third-order valence-corrected chi connectivity index (χ3v) is 1.07. The van der Waals surface area contributed by atoms with Crippen molar-refractivity contribution in [1.29, 1.82) is 0 Å². The molecule has 84 valence electrons. The van der Waals surface area contributed by atoms with Crippen LogP contribution in [-0.4, -0.2) is 57.4 Å². The van der Waals surface area contributed by atoms with E-state index in [0.717, 1.165) is 0 Å². The highest BCUT2D eigenvalue weighted by Gasteiger charge is 2.22. The van der Waals surface area contributed by atoms with Crippen molar-refractivity contribution < 1.29 is 30.0 Å². The van der Waals surface area contributed by atoms with Gasteiger partial charge in [-0.05, 0) is 13.8 Å². The Hall–Kier alpha value is -0.820. The number of aliphatic hydroxyl groups is 4. The fourth-order valence-corrected chi connectivity index (χ4v) is 0.416. The number of Topliss-reactive ketones (excluding diaryl/α,β-unsaturated/α-hetero) is 1. The maximum Gasteiger partial charge on any atom is 0.151 e. The molecule has 0 spiro atoms. The number of carbonyl (C=O) groups is 2. The monoisotopic (exact) mass is 208 g/mol. The summed E-state index contributed by atoms with van der Waals surface area (Å²) in [5.74, 6) is 0.167. The van der Waals surface area contributed by atoms with Crippen LogP contribution in [0.1, 0.15) is 13.8 Å². The van der Waals surface area contributed by atoms with Crippen LogP contribution in [0.3, 0.4) is 0 Å². The minimum Gasteiger partial charge on any atom is -0.394 e. The zero-order valence-corrected chi connectivity index (χ0v) is 8.12. The Kier molecular flexibility index (Phi) is 9.79. The number of aliphatic hydroxyl groups excluding tert-OH is 4. The van der Waals surface area contributed by atoms with E-state index in [9.17, 15) is 9.59 Å². The molecule has 6 heteroatoms. The number of hydrogen-bond acceptors (Lipinski definition) is 6. The molecule has 0 amide bonds. The molecule has 0 aliphatic carbocycles. The van der Waals surface area contributed by atoms with Gasteiger partial charge in [0.1, 0.15) is 24.1 Å². The number of ketones is 1. The van der Waals surface area contributed by atoms with E-state index in [2.05, 4.69) is 0 Å². The predicted molar refractivity (Wildman–Crippen MR) is 47.5 cm³/mol. The van der Waals surface area contributed by atoms with Crippen molar-refractivity contribution in [2.75, 3.05) is 6.61 Å². The smallest absolute Gasteiger partial charge is 0.151 e. The first-order valence-corrected chi connectivity index (χ1v) is 3.94. The molecular weight excluding hydrogens is 192 g/mol. The topological polar surface area (TPSA) is 115 Å². The zero-order chi connectivity index (χ0) is 11.7. The molecule has 0 radical (unpaired) electrons. The van der Waals surface area contributed by atoms with E-state index in [1.807, 2.05) is 0 Å². The van der Waals surface area contributed by atoms with Crippen LogP contribution in [0.5, 0.6) is 0 Å². The molecule has 0 aliphatic rings. The summed E-state index contributed by atoms with van der Waals surface area (Å²) in [6, 6.07) is 0. The minimum absolute atomic E-state index is 0.0869. The normalized spacial score (nSPS) is 15.9. The Morgan fingerprint density at radius 2 is 1.64 bits per heavy atom. The molecular formula is C8H16O6. The van der Waals surface area contributed by atoms with E-state index in [1.165, 1.54) is 13.8 Å². The number of carbonyl (C=O) groups excluding carboxylic acids is 2. The quantitative estimate of drug-likeness (QED) is 0.392. The fourth-order valence-electron chi connectivity index (χ4n) is 0.416. The lowest BCUT2D eigenvalue weighted by Crippen LogP contribution is -2.40. The first-order chi connectivity index (χ1) is 6.36. The van der Waals surface area contributed by atoms with Crippen molar-refractivity contribution in [1.82, 2.24) is 0 Å². The summed E-state index contributed by atoms with van der Waals surface area (Å²) < 4.78 is 0. The molecule has 0 aromatic heterocycles. The predicted octanol–water partition coefficient (Wildman–Crippen LogP) is -2.14. The average Bonchev–Trinajstić information content (AvgIpc) is 2.13. The van der Waals surface area contributed by atoms with Crippen LogP contribution in [0.25, 0.3) is 0 Å². The van der Waals surface area contributed by atoms with Crippen LogP contribution in [0, 0.1) is 0 Å². The van der Waals surface area contributed by atoms with Crippen LogP contribution in [-0.2, 0) is 9.59 Å². The van der Waals surface area contributed by atoms with Gasteiger partial charge in [0, 0.05) is 0 Å². The first-order valence-electron chi connectivity index (χ1n) is 3.94. The molecule has 4 N–H and O–H groups in total. The molecule has 14 heavy (non-hydrogen) atoms. The van der Waals surface area contributed by atoms with Crippen molar-refractivity contribution in [3.8, 4) is 0 Å². The van der Waals surface area contributed by atoms with Crippen LogP contribution >= 0.6 is 0 Å². The molecule has 0 bridgehead atoms. The highest BCUT2D eigenvalue weighted by atomic mass is 16.4. The molecule has 0 saturated heterocycles. The van der Waals surface area contributed by atoms with Crippen molar-refractivity contribution in [3.05, 3.63) is 0 Å². The SMILES string of the molecule is CC(C)=O.O=C[C@@H](O)[C@H](O)[C@H](O)CO. The molecule has 0 aliphatic heterocycles. The van der Waals surface area contributed by atoms with Gasteiger partial charge in [0.05, 0.1) is 6.61 Å². The van der Waals surface area contributed by atoms with Gasteiger partial charge < -0.3 is 30.0 Å². The second kappa shape index (κ2) is 8.76. The van der Waals surface area contributed by atoms with Gasteiger partial charge in [-0.2, -0.15) is 0 Å². The molecule has 0 saturated carbocycles. The van der Waals surface area contributed by atoms with Crippen molar-refractivity contribution in [3.63, 3.8) is 0 Å². The zero-order valence-electron chi connectivity index (χ0n) is 8.12. The summed E-state index contributed by atoms with van der Waals surface area (Å²) in [4.78, 5) is 19.2. The van der Waals surface area contributed by atoms with Crippen LogP contribution < -0.4 is 0 Å². The summed E-state index contributed by atoms with van der Waals surface area (Å²) in [7, 11) is 0. The lowest BCUT2D eigenvalue weighted by atomic mass is 10.1. The number of hydrogen-bond donors (Lipinski definition) is 4. The molecule has 0 aromatic rings. The molecule has 0 unspecified atom stereocenters. The summed E-state index contributed by atoms with van der Waals surface area (Å²) in [5.41, 5.74) is 0. The largest absolute Gasteiger partial charge is 0.394 e. The summed E-state index contributed by atoms with van der Waals surface area (Å²) >= 11 is 0. The Balaban J connectivity index is 0. The summed E-state index contributed by atoms with van der Waals surface area (Å²) in [5, 5.41) is 34.1. The van der Waals surface area contributed by atoms with Gasteiger partial charge in [-0.15, -0.1) is 0 Å². The van der Waals surface area contributed by atoms with Gasteiger partial charge in [0.25, 0.3) is 0 Å². The highest BCUT2D eigenvalue weighted by molar-refractivity contribution is 5.72. The standard InChI is InChI=1S/C5H10O5.C3H6O/c6-1-3(8)5(10)4(9)2-7;1-3(2)4/h1,3-5,7-10H,2H2;1-2H3/t3-,4-,5+;/m1./s1. The molecule has 0 fully saturated rings. The van der Waals surface area contributed by atoms with E-state index < -0.39 is 24.9 Å². The van der Waals surface area contributed by atoms with Crippen LogP contribution in [0.2, 0.25) is 0 Å². The summed E-state index contributed by atoms with van der Waals surface area (Å²) in [6.07, 6.45) is -4.63. The van der Waals surface area contributed by atoms with E-state index >= 15 is 0 Å². The lowest BCUT2D eigenvalue weighted by Gasteiger charge is -2.16. The van der Waals surface area contributed by atoms with Crippen molar-refractivity contribution in [2.45, 2.75) is 32.2 Å². The van der Waals surface area contributed by atoms with Gasteiger partial charge in [-0.1, -0.05) is 0 Å². The number of rotatable bonds is 4. The van der Waals surface area contributed by atoms with Gasteiger partial charge in [-0.25, -0.2) is 0 Å². The van der Waals surface area contributed by atoms with Gasteiger partial charge in [0.15, 0.2) is 6.29 Å². The lowest BCUT2D eigenvalue weighted by molar-refractivity contribution is -0.127. The van der Waals surface area contributed by atoms with Crippen LogP contribution in [0.15, 0.2) is 0 Å². The molecule has 0 aromatic carbocycles. The fraction of sp³-hybridized carbons (Fsp3) is 0.750. The van der Waals surface area contributed by atoms with Gasteiger partial charge in [0.2, 0.25) is 0 Å². The molecule has 6 nitrogen and oxygen atoms in total. The maximum atomic E-state index is 9.76. The second-order valence-corrected chi connectivity index (χ2v) is 2.78. The van der Waals surface area contributed by atoms with E-state index in [4.69, 9.17) is 20.4 Å². The maximum absolute atomic E-state index is 9.76. The minimum atomic E-state index is -1.64. The van der Waals surface area contributed by atoms with E-state index in [0.29, 0.717) is 0 Å². The van der Waals surface area contributed by atoms with Gasteiger partial charge in [-0.3, -0.25) is 0 Å². The van der Waals surface area contributed by atoms with Crippen LogP contribution in [0.4, 0.5) is 0 Å². The molecule has 0 heterocycles. The molecule has 0 rings (SSSR count). The first kappa shape index (κ1) is 15.6. The Morgan fingerprint density at radius 1 is 1.29 bits per heavy atom. The van der Waals surface area contributed by atoms with E-state index in [1.54, 1.807) is 0 Å².